The Morgan fingerprint density at radius 3 is 2.41 bits per heavy atom. The summed E-state index contributed by atoms with van der Waals surface area (Å²) >= 11 is 1.59. The largest absolute Gasteiger partial charge is 0.376 e. The standard InChI is InChI=1S/C25H22N4O2S/c1-17-27-23(16-32-17)18-8-7-11-20(14-18)28-24(30)15-26-22-13-6-5-12-21(22)25(31)29-19-9-3-2-4-10-19/h2-14,16,26H,15H2,1H3,(H,28,30)(H,29,31). The topological polar surface area (TPSA) is 83.1 Å². The van der Waals surface area contributed by atoms with Crippen molar-refractivity contribution >= 4 is 40.2 Å². The zero-order valence-electron chi connectivity index (χ0n) is 17.5. The highest BCUT2D eigenvalue weighted by Gasteiger charge is 2.12. The van der Waals surface area contributed by atoms with E-state index in [0.29, 0.717) is 22.6 Å². The molecule has 4 aromatic rings. The van der Waals surface area contributed by atoms with E-state index in [1.54, 1.807) is 29.5 Å². The monoisotopic (exact) mass is 442 g/mol. The Bertz CT molecular complexity index is 1240. The van der Waals surface area contributed by atoms with E-state index in [9.17, 15) is 9.59 Å². The zero-order chi connectivity index (χ0) is 22.3. The van der Waals surface area contributed by atoms with Gasteiger partial charge in [0.2, 0.25) is 5.91 Å². The molecule has 0 aliphatic carbocycles. The van der Waals surface area contributed by atoms with Crippen LogP contribution < -0.4 is 16.0 Å². The fourth-order valence-corrected chi connectivity index (χ4v) is 3.81. The van der Waals surface area contributed by atoms with E-state index in [2.05, 4.69) is 20.9 Å². The van der Waals surface area contributed by atoms with E-state index in [4.69, 9.17) is 0 Å². The van der Waals surface area contributed by atoms with Gasteiger partial charge in [0, 0.05) is 28.0 Å². The maximum Gasteiger partial charge on any atom is 0.257 e. The molecule has 6 nitrogen and oxygen atoms in total. The second-order valence-electron chi connectivity index (χ2n) is 7.10. The predicted octanol–water partition coefficient (Wildman–Crippen LogP) is 5.42. The third-order valence-electron chi connectivity index (χ3n) is 4.70. The van der Waals surface area contributed by atoms with Gasteiger partial charge in [0.25, 0.3) is 5.91 Å². The number of para-hydroxylation sites is 2. The summed E-state index contributed by atoms with van der Waals surface area (Å²) in [5.74, 6) is -0.458. The number of nitrogens with one attached hydrogen (secondary N) is 3. The van der Waals surface area contributed by atoms with Crippen LogP contribution in [0.25, 0.3) is 11.3 Å². The highest BCUT2D eigenvalue weighted by atomic mass is 32.1. The summed E-state index contributed by atoms with van der Waals surface area (Å²) < 4.78 is 0. The lowest BCUT2D eigenvalue weighted by Gasteiger charge is -2.13. The van der Waals surface area contributed by atoms with Crippen molar-refractivity contribution in [3.63, 3.8) is 0 Å². The van der Waals surface area contributed by atoms with Gasteiger partial charge >= 0.3 is 0 Å². The second kappa shape index (κ2) is 9.89. The van der Waals surface area contributed by atoms with E-state index in [0.717, 1.165) is 16.3 Å². The van der Waals surface area contributed by atoms with Crippen molar-refractivity contribution in [2.75, 3.05) is 22.5 Å². The number of aryl methyl sites for hydroxylation is 1. The molecule has 0 fully saturated rings. The Kier molecular flexibility index (Phi) is 6.57. The van der Waals surface area contributed by atoms with Crippen molar-refractivity contribution in [3.8, 4) is 11.3 Å². The molecule has 1 heterocycles. The van der Waals surface area contributed by atoms with Gasteiger partial charge in [0.1, 0.15) is 0 Å². The summed E-state index contributed by atoms with van der Waals surface area (Å²) in [5.41, 5.74) is 4.28. The maximum absolute atomic E-state index is 12.7. The molecular weight excluding hydrogens is 420 g/mol. The fraction of sp³-hybridized carbons (Fsp3) is 0.0800. The smallest absolute Gasteiger partial charge is 0.257 e. The van der Waals surface area contributed by atoms with Gasteiger partial charge in [0.05, 0.1) is 22.8 Å². The van der Waals surface area contributed by atoms with Crippen molar-refractivity contribution in [2.45, 2.75) is 6.92 Å². The Morgan fingerprint density at radius 1 is 0.875 bits per heavy atom. The van der Waals surface area contributed by atoms with E-state index >= 15 is 0 Å². The van der Waals surface area contributed by atoms with E-state index < -0.39 is 0 Å². The molecule has 2 amide bonds. The summed E-state index contributed by atoms with van der Waals surface area (Å²) in [6, 6.07) is 23.9. The van der Waals surface area contributed by atoms with E-state index in [1.165, 1.54) is 0 Å². The summed E-state index contributed by atoms with van der Waals surface area (Å²) in [6.07, 6.45) is 0. The molecule has 4 rings (SSSR count). The molecule has 160 valence electrons. The molecule has 0 aliphatic heterocycles. The van der Waals surface area contributed by atoms with Gasteiger partial charge in [-0.2, -0.15) is 0 Å². The second-order valence-corrected chi connectivity index (χ2v) is 8.16. The Labute approximate surface area is 190 Å². The van der Waals surface area contributed by atoms with Gasteiger partial charge in [-0.25, -0.2) is 4.98 Å². The van der Waals surface area contributed by atoms with Gasteiger partial charge in [-0.15, -0.1) is 11.3 Å². The number of thiazole rings is 1. The first kappa shape index (κ1) is 21.3. The predicted molar refractivity (Wildman–Crippen MR) is 130 cm³/mol. The SMILES string of the molecule is Cc1nc(-c2cccc(NC(=O)CNc3ccccc3C(=O)Nc3ccccc3)c2)cs1. The summed E-state index contributed by atoms with van der Waals surface area (Å²) in [5, 5.41) is 11.8. The van der Waals surface area contributed by atoms with Gasteiger partial charge in [-0.3, -0.25) is 9.59 Å². The van der Waals surface area contributed by atoms with Gasteiger partial charge in [-0.05, 0) is 43.3 Å². The minimum atomic E-state index is -0.244. The van der Waals surface area contributed by atoms with Gasteiger partial charge in [-0.1, -0.05) is 42.5 Å². The van der Waals surface area contributed by atoms with Gasteiger partial charge < -0.3 is 16.0 Å². The highest BCUT2D eigenvalue weighted by molar-refractivity contribution is 7.09. The first-order chi connectivity index (χ1) is 15.6. The number of amides is 2. The number of benzene rings is 3. The third-order valence-corrected chi connectivity index (χ3v) is 5.48. The number of carbonyl (C=O) groups is 2. The Morgan fingerprint density at radius 2 is 1.62 bits per heavy atom. The first-order valence-corrected chi connectivity index (χ1v) is 11.0. The van der Waals surface area contributed by atoms with Crippen LogP contribution >= 0.6 is 11.3 Å². The van der Waals surface area contributed by atoms with Crippen LogP contribution in [-0.2, 0) is 4.79 Å². The van der Waals surface area contributed by atoms with Crippen LogP contribution in [0.4, 0.5) is 17.1 Å². The van der Waals surface area contributed by atoms with Crippen LogP contribution in [-0.4, -0.2) is 23.3 Å². The Hall–Kier alpha value is -3.97. The normalized spacial score (nSPS) is 10.4. The lowest BCUT2D eigenvalue weighted by molar-refractivity contribution is -0.114. The number of rotatable bonds is 7. The summed E-state index contributed by atoms with van der Waals surface area (Å²) in [4.78, 5) is 29.7. The van der Waals surface area contributed by atoms with Crippen LogP contribution in [0.3, 0.4) is 0 Å². The molecule has 0 atom stereocenters. The number of nitrogens with zero attached hydrogens (tertiary/aromatic N) is 1. The van der Waals surface area contributed by atoms with Crippen LogP contribution in [0.5, 0.6) is 0 Å². The number of aromatic nitrogens is 1. The minimum Gasteiger partial charge on any atom is -0.376 e. The number of carbonyl (C=O) groups excluding carboxylic acids is 2. The van der Waals surface area contributed by atoms with Crippen LogP contribution in [0.2, 0.25) is 0 Å². The molecule has 1 aromatic heterocycles. The van der Waals surface area contributed by atoms with E-state index in [-0.39, 0.29) is 18.4 Å². The van der Waals surface area contributed by atoms with Gasteiger partial charge in [0.15, 0.2) is 0 Å². The van der Waals surface area contributed by atoms with Crippen molar-refractivity contribution in [1.29, 1.82) is 0 Å². The lowest BCUT2D eigenvalue weighted by atomic mass is 10.1. The van der Waals surface area contributed by atoms with Crippen molar-refractivity contribution in [3.05, 3.63) is 94.8 Å². The molecule has 0 aliphatic rings. The molecule has 0 spiro atoms. The molecule has 32 heavy (non-hydrogen) atoms. The van der Waals surface area contributed by atoms with Crippen molar-refractivity contribution < 1.29 is 9.59 Å². The molecule has 0 radical (unpaired) electrons. The zero-order valence-corrected chi connectivity index (χ0v) is 18.3. The highest BCUT2D eigenvalue weighted by Crippen LogP contribution is 2.24. The average Bonchev–Trinajstić information content (AvgIpc) is 3.25. The summed E-state index contributed by atoms with van der Waals surface area (Å²) in [6.45, 7) is 1.99. The molecule has 0 saturated carbocycles. The number of hydrogen-bond donors (Lipinski definition) is 3. The average molecular weight is 443 g/mol. The molecular formula is C25H22N4O2S. The molecule has 0 saturated heterocycles. The fourth-order valence-electron chi connectivity index (χ4n) is 3.19. The molecule has 0 bridgehead atoms. The minimum absolute atomic E-state index is 0.0235. The van der Waals surface area contributed by atoms with Crippen LogP contribution in [0, 0.1) is 6.92 Å². The molecule has 3 aromatic carbocycles. The quantitative estimate of drug-likeness (QED) is 0.357. The maximum atomic E-state index is 12.7. The Balaban J connectivity index is 1.39. The van der Waals surface area contributed by atoms with Crippen molar-refractivity contribution in [1.82, 2.24) is 4.98 Å². The lowest BCUT2D eigenvalue weighted by Crippen LogP contribution is -2.23. The van der Waals surface area contributed by atoms with Crippen molar-refractivity contribution in [2.24, 2.45) is 0 Å². The van der Waals surface area contributed by atoms with Crippen LogP contribution in [0.15, 0.2) is 84.2 Å². The molecule has 3 N–H and O–H groups in total. The third kappa shape index (κ3) is 5.39. The summed E-state index contributed by atoms with van der Waals surface area (Å²) in [7, 11) is 0. The number of anilines is 3. The first-order valence-electron chi connectivity index (χ1n) is 10.1. The van der Waals surface area contributed by atoms with E-state index in [1.807, 2.05) is 73.0 Å². The van der Waals surface area contributed by atoms with Crippen LogP contribution in [0.1, 0.15) is 15.4 Å². The number of hydrogen-bond acceptors (Lipinski definition) is 5. The molecule has 0 unspecified atom stereocenters. The molecule has 7 heteroatoms.